The van der Waals surface area contributed by atoms with Crippen LogP contribution in [0.15, 0.2) is 42.6 Å². The van der Waals surface area contributed by atoms with Gasteiger partial charge >= 0.3 is 12.1 Å². The molecule has 0 saturated carbocycles. The number of carbonyl (C=O) groups is 2. The fraction of sp³-hybridized carbons (Fsp3) is 0.375. The van der Waals surface area contributed by atoms with Crippen molar-refractivity contribution in [1.29, 1.82) is 0 Å². The van der Waals surface area contributed by atoms with Crippen LogP contribution in [0.2, 0.25) is 0 Å². The van der Waals surface area contributed by atoms with E-state index in [0.29, 0.717) is 37.6 Å². The van der Waals surface area contributed by atoms with E-state index >= 15 is 0 Å². The van der Waals surface area contributed by atoms with Crippen molar-refractivity contribution in [3.8, 4) is 0 Å². The van der Waals surface area contributed by atoms with Crippen LogP contribution in [0, 0.1) is 5.82 Å². The number of rotatable bonds is 4. The number of nitrogens with zero attached hydrogens (tertiary/aromatic N) is 3. The number of pyridine rings is 1. The van der Waals surface area contributed by atoms with E-state index in [0.717, 1.165) is 23.1 Å². The lowest BCUT2D eigenvalue weighted by atomic mass is 9.99. The summed E-state index contributed by atoms with van der Waals surface area (Å²) in [4.78, 5) is 32.2. The Kier molecular flexibility index (Phi) is 6.33. The summed E-state index contributed by atoms with van der Waals surface area (Å²) in [6.45, 7) is 5.26. The van der Waals surface area contributed by atoms with Crippen molar-refractivity contribution in [2.75, 3.05) is 25.0 Å². The zero-order valence-corrected chi connectivity index (χ0v) is 18.8. The summed E-state index contributed by atoms with van der Waals surface area (Å²) in [5, 5.41) is 15.4. The Balaban J connectivity index is 1.30. The number of halogens is 1. The smallest absolute Gasteiger partial charge is 0.322 e. The molecule has 2 aliphatic heterocycles. The Bertz CT molecular complexity index is 1080. The van der Waals surface area contributed by atoms with Crippen molar-refractivity contribution in [2.45, 2.75) is 39.0 Å². The fourth-order valence-corrected chi connectivity index (χ4v) is 3.86. The Morgan fingerprint density at radius 2 is 1.91 bits per heavy atom. The van der Waals surface area contributed by atoms with Crippen LogP contribution in [-0.2, 0) is 13.1 Å². The van der Waals surface area contributed by atoms with Gasteiger partial charge in [-0.1, -0.05) is 18.2 Å². The Hall–Kier alpha value is -3.46. The predicted octanol–water partition coefficient (Wildman–Crippen LogP) is 3.34. The van der Waals surface area contributed by atoms with Crippen LogP contribution in [-0.4, -0.2) is 57.2 Å². The van der Waals surface area contributed by atoms with E-state index in [-0.39, 0.29) is 18.6 Å². The predicted molar refractivity (Wildman–Crippen MR) is 123 cm³/mol. The average Bonchev–Trinajstić information content (AvgIpc) is 3.21. The number of hydrogen-bond donors (Lipinski definition) is 3. The van der Waals surface area contributed by atoms with E-state index in [9.17, 15) is 19.1 Å². The largest absolute Gasteiger partial charge is 0.389 e. The zero-order valence-electron chi connectivity index (χ0n) is 18.8. The van der Waals surface area contributed by atoms with Crippen molar-refractivity contribution in [1.82, 2.24) is 20.1 Å². The van der Waals surface area contributed by atoms with Crippen LogP contribution in [0.5, 0.6) is 0 Å². The Labute approximate surface area is 192 Å². The molecule has 33 heavy (non-hydrogen) atoms. The molecule has 3 N–H and O–H groups in total. The maximum Gasteiger partial charge on any atom is 0.322 e. The van der Waals surface area contributed by atoms with Gasteiger partial charge in [0.15, 0.2) is 0 Å². The number of fused-ring (bicyclic) bond motifs is 1. The van der Waals surface area contributed by atoms with Crippen LogP contribution in [0.25, 0.3) is 5.57 Å². The average molecular weight is 454 g/mol. The van der Waals surface area contributed by atoms with Gasteiger partial charge in [0.1, 0.15) is 5.82 Å². The summed E-state index contributed by atoms with van der Waals surface area (Å²) < 4.78 is 13.3. The van der Waals surface area contributed by atoms with E-state index in [1.54, 1.807) is 23.6 Å². The van der Waals surface area contributed by atoms with Crippen molar-refractivity contribution in [3.05, 3.63) is 65.2 Å². The molecule has 4 rings (SSSR count). The third-order valence-corrected chi connectivity index (χ3v) is 5.69. The third kappa shape index (κ3) is 5.67. The number of benzene rings is 1. The minimum Gasteiger partial charge on any atom is -0.389 e. The van der Waals surface area contributed by atoms with Crippen LogP contribution in [0.3, 0.4) is 0 Å². The van der Waals surface area contributed by atoms with Crippen molar-refractivity contribution >= 4 is 23.3 Å². The summed E-state index contributed by atoms with van der Waals surface area (Å²) in [6.07, 6.45) is 3.91. The molecule has 0 fully saturated rings. The number of carbonyl (C=O) groups excluding carboxylic acids is 2. The first-order chi connectivity index (χ1) is 15.7. The lowest BCUT2D eigenvalue weighted by Gasteiger charge is -2.28. The summed E-state index contributed by atoms with van der Waals surface area (Å²) >= 11 is 0. The highest BCUT2D eigenvalue weighted by Gasteiger charge is 2.25. The molecule has 174 valence electrons. The number of aromatic nitrogens is 1. The molecule has 1 aromatic heterocycles. The first-order valence-electron chi connectivity index (χ1n) is 10.9. The molecule has 1 aromatic carbocycles. The van der Waals surface area contributed by atoms with Gasteiger partial charge in [-0.05, 0) is 55.2 Å². The van der Waals surface area contributed by atoms with Crippen LogP contribution in [0.1, 0.15) is 37.1 Å². The molecule has 2 aliphatic rings. The van der Waals surface area contributed by atoms with Gasteiger partial charge in [0, 0.05) is 31.9 Å². The monoisotopic (exact) mass is 453 g/mol. The molecular formula is C24H28FN5O3. The second-order valence-corrected chi connectivity index (χ2v) is 9.02. The molecule has 0 atom stereocenters. The first kappa shape index (κ1) is 22.7. The van der Waals surface area contributed by atoms with Gasteiger partial charge in [0.2, 0.25) is 0 Å². The second kappa shape index (κ2) is 9.19. The summed E-state index contributed by atoms with van der Waals surface area (Å²) in [5.41, 5.74) is 3.35. The van der Waals surface area contributed by atoms with Crippen molar-refractivity contribution in [3.63, 3.8) is 0 Å². The topological polar surface area (TPSA) is 97.8 Å². The van der Waals surface area contributed by atoms with Crippen LogP contribution in [0.4, 0.5) is 19.7 Å². The minimum atomic E-state index is -0.947. The normalized spacial score (nSPS) is 15.7. The SMILES string of the molecule is CC(C)(O)CNC(=O)N1CC=C(c2ccc(NC(=O)N3Cc4cc(F)cnc4C3)cc2)CC1. The van der Waals surface area contributed by atoms with Crippen molar-refractivity contribution < 1.29 is 19.1 Å². The molecule has 0 spiro atoms. The standard InChI is InChI=1S/C24H28FN5O3/c1-24(2,33)15-27-22(31)29-9-7-17(8-10-29)16-3-5-20(6-4-16)28-23(32)30-13-18-11-19(25)12-26-21(18)14-30/h3-7,11-12,33H,8-10,13-15H2,1-2H3,(H,27,31)(H,28,32). The van der Waals surface area contributed by atoms with Gasteiger partial charge in [0.25, 0.3) is 0 Å². The maximum absolute atomic E-state index is 13.3. The van der Waals surface area contributed by atoms with Gasteiger partial charge in [0.05, 0.1) is 24.0 Å². The minimum absolute atomic E-state index is 0.188. The summed E-state index contributed by atoms with van der Waals surface area (Å²) in [6, 6.07) is 8.55. The third-order valence-electron chi connectivity index (χ3n) is 5.69. The molecule has 2 aromatic rings. The molecule has 0 radical (unpaired) electrons. The molecule has 9 heteroatoms. The molecule has 8 nitrogen and oxygen atoms in total. The first-order valence-corrected chi connectivity index (χ1v) is 10.9. The lowest BCUT2D eigenvalue weighted by Crippen LogP contribution is -2.46. The number of amides is 4. The molecule has 0 saturated heterocycles. The second-order valence-electron chi connectivity index (χ2n) is 9.02. The van der Waals surface area contributed by atoms with E-state index in [1.165, 1.54) is 12.3 Å². The quantitative estimate of drug-likeness (QED) is 0.661. The number of anilines is 1. The number of hydrogen-bond acceptors (Lipinski definition) is 4. The highest BCUT2D eigenvalue weighted by atomic mass is 19.1. The van der Waals surface area contributed by atoms with E-state index in [4.69, 9.17) is 0 Å². The van der Waals surface area contributed by atoms with E-state index in [1.807, 2.05) is 30.3 Å². The zero-order chi connectivity index (χ0) is 23.6. The van der Waals surface area contributed by atoms with Gasteiger partial charge < -0.3 is 25.5 Å². The Morgan fingerprint density at radius 1 is 1.15 bits per heavy atom. The van der Waals surface area contributed by atoms with Crippen LogP contribution >= 0.6 is 0 Å². The number of urea groups is 2. The molecule has 0 unspecified atom stereocenters. The Morgan fingerprint density at radius 3 is 2.58 bits per heavy atom. The van der Waals surface area contributed by atoms with E-state index < -0.39 is 11.4 Å². The van der Waals surface area contributed by atoms with E-state index in [2.05, 4.69) is 15.6 Å². The van der Waals surface area contributed by atoms with Crippen LogP contribution < -0.4 is 10.6 Å². The van der Waals surface area contributed by atoms with Gasteiger partial charge in [-0.2, -0.15) is 0 Å². The van der Waals surface area contributed by atoms with Crippen molar-refractivity contribution in [2.24, 2.45) is 0 Å². The van der Waals surface area contributed by atoms with Gasteiger partial charge in [-0.3, -0.25) is 4.98 Å². The summed E-state index contributed by atoms with van der Waals surface area (Å²) in [7, 11) is 0. The molecule has 3 heterocycles. The lowest BCUT2D eigenvalue weighted by molar-refractivity contribution is 0.0798. The number of aliphatic hydroxyl groups is 1. The fourth-order valence-electron chi connectivity index (χ4n) is 3.86. The number of nitrogens with one attached hydrogen (secondary N) is 2. The maximum atomic E-state index is 13.3. The van der Waals surface area contributed by atoms with Gasteiger partial charge in [-0.25, -0.2) is 14.0 Å². The summed E-state index contributed by atoms with van der Waals surface area (Å²) in [5.74, 6) is -0.401. The molecule has 4 amide bonds. The molecular weight excluding hydrogens is 425 g/mol. The highest BCUT2D eigenvalue weighted by Crippen LogP contribution is 2.25. The van der Waals surface area contributed by atoms with Gasteiger partial charge in [-0.15, -0.1) is 0 Å². The molecule has 0 bridgehead atoms. The molecule has 0 aliphatic carbocycles. The highest BCUT2D eigenvalue weighted by molar-refractivity contribution is 5.90.